The molecule has 0 aliphatic heterocycles. The topological polar surface area (TPSA) is 54.9 Å². The molecule has 0 unspecified atom stereocenters. The molecule has 2 aromatic rings. The third-order valence-electron chi connectivity index (χ3n) is 2.54. The second-order valence-corrected chi connectivity index (χ2v) is 3.97. The van der Waals surface area contributed by atoms with Crippen molar-refractivity contribution >= 4 is 6.41 Å². The second-order valence-electron chi connectivity index (χ2n) is 3.97. The fraction of sp³-hybridized carbons (Fsp3) is 0.154. The van der Waals surface area contributed by atoms with Crippen LogP contribution < -0.4 is 5.32 Å². The van der Waals surface area contributed by atoms with Crippen LogP contribution in [0.25, 0.3) is 11.3 Å². The number of nitrogens with one attached hydrogen (secondary N) is 1. The number of carbonyl (C=O) groups is 1. The summed E-state index contributed by atoms with van der Waals surface area (Å²) in [4.78, 5) is 17.6. The molecule has 1 aromatic carbocycles. The van der Waals surface area contributed by atoms with E-state index >= 15 is 0 Å². The molecule has 0 fully saturated rings. The average molecular weight is 281 g/mol. The molecule has 7 heteroatoms. The van der Waals surface area contributed by atoms with Crippen LogP contribution in [0.5, 0.6) is 0 Å². The van der Waals surface area contributed by atoms with Crippen LogP contribution in [0.3, 0.4) is 0 Å². The summed E-state index contributed by atoms with van der Waals surface area (Å²) < 4.78 is 38.2. The van der Waals surface area contributed by atoms with Gasteiger partial charge in [0.25, 0.3) is 6.43 Å². The van der Waals surface area contributed by atoms with E-state index in [9.17, 15) is 18.0 Å². The molecule has 0 saturated heterocycles. The molecule has 0 spiro atoms. The van der Waals surface area contributed by atoms with Crippen LogP contribution in [-0.4, -0.2) is 16.4 Å². The number of aromatic nitrogens is 2. The molecule has 4 nitrogen and oxygen atoms in total. The minimum atomic E-state index is -2.70. The summed E-state index contributed by atoms with van der Waals surface area (Å²) in [6.45, 7) is 0.163. The standard InChI is InChI=1S/C13H10F3N3O/c14-10-2-8(4-17-7-20)1-9(3-10)11-5-19-12(6-18-11)13(15)16/h1-3,5-7,13H,4H2,(H,17,20). The normalized spacial score (nSPS) is 10.6. The van der Waals surface area contributed by atoms with Gasteiger partial charge in [-0.3, -0.25) is 14.8 Å². The first kappa shape index (κ1) is 14.0. The molecule has 1 heterocycles. The molecule has 1 aromatic heterocycles. The Hall–Kier alpha value is -2.44. The quantitative estimate of drug-likeness (QED) is 0.856. The van der Waals surface area contributed by atoms with Crippen molar-refractivity contribution in [1.29, 1.82) is 0 Å². The van der Waals surface area contributed by atoms with E-state index in [-0.39, 0.29) is 12.2 Å². The molecule has 0 aliphatic rings. The fourth-order valence-corrected chi connectivity index (χ4v) is 1.66. The summed E-state index contributed by atoms with van der Waals surface area (Å²) in [6, 6.07) is 4.09. The number of halogens is 3. The third-order valence-corrected chi connectivity index (χ3v) is 2.54. The van der Waals surface area contributed by atoms with E-state index in [0.717, 1.165) is 12.4 Å². The Morgan fingerprint density at radius 3 is 2.60 bits per heavy atom. The lowest BCUT2D eigenvalue weighted by atomic mass is 10.1. The fourth-order valence-electron chi connectivity index (χ4n) is 1.66. The minimum absolute atomic E-state index is 0.163. The van der Waals surface area contributed by atoms with Crippen molar-refractivity contribution < 1.29 is 18.0 Å². The third kappa shape index (κ3) is 3.31. The smallest absolute Gasteiger partial charge is 0.281 e. The average Bonchev–Trinajstić information content (AvgIpc) is 2.44. The minimum Gasteiger partial charge on any atom is -0.355 e. The van der Waals surface area contributed by atoms with Gasteiger partial charge in [-0.15, -0.1) is 0 Å². The Morgan fingerprint density at radius 1 is 1.20 bits per heavy atom. The van der Waals surface area contributed by atoms with E-state index in [1.807, 2.05) is 0 Å². The number of hydrogen-bond acceptors (Lipinski definition) is 3. The van der Waals surface area contributed by atoms with Gasteiger partial charge in [0.15, 0.2) is 0 Å². The van der Waals surface area contributed by atoms with E-state index < -0.39 is 17.9 Å². The molecule has 0 bridgehead atoms. The van der Waals surface area contributed by atoms with Gasteiger partial charge in [0, 0.05) is 12.1 Å². The van der Waals surface area contributed by atoms with Crippen LogP contribution in [0.15, 0.2) is 30.6 Å². The van der Waals surface area contributed by atoms with Gasteiger partial charge < -0.3 is 5.32 Å². The first-order chi connectivity index (χ1) is 9.60. The Bertz CT molecular complexity index is 602. The highest BCUT2D eigenvalue weighted by atomic mass is 19.3. The van der Waals surface area contributed by atoms with Crippen LogP contribution in [0, 0.1) is 5.82 Å². The zero-order chi connectivity index (χ0) is 14.5. The summed E-state index contributed by atoms with van der Waals surface area (Å²) in [7, 11) is 0. The highest BCUT2D eigenvalue weighted by molar-refractivity contribution is 5.59. The molecule has 0 aliphatic carbocycles. The number of amides is 1. The first-order valence-electron chi connectivity index (χ1n) is 5.67. The number of benzene rings is 1. The van der Waals surface area contributed by atoms with E-state index in [0.29, 0.717) is 17.5 Å². The second kappa shape index (κ2) is 6.14. The van der Waals surface area contributed by atoms with E-state index in [4.69, 9.17) is 0 Å². The van der Waals surface area contributed by atoms with E-state index in [1.165, 1.54) is 12.1 Å². The molecule has 20 heavy (non-hydrogen) atoms. The summed E-state index contributed by atoms with van der Waals surface area (Å²) in [6.07, 6.45) is -0.0834. The first-order valence-corrected chi connectivity index (χ1v) is 5.67. The Kier molecular flexibility index (Phi) is 4.29. The Morgan fingerprint density at radius 2 is 2.00 bits per heavy atom. The molecule has 0 radical (unpaired) electrons. The molecule has 1 N–H and O–H groups in total. The van der Waals surface area contributed by atoms with Crippen molar-refractivity contribution in [3.8, 4) is 11.3 Å². The maximum absolute atomic E-state index is 13.5. The number of alkyl halides is 2. The lowest BCUT2D eigenvalue weighted by molar-refractivity contribution is -0.109. The van der Waals surface area contributed by atoms with Gasteiger partial charge in [-0.1, -0.05) is 0 Å². The predicted octanol–water partition coefficient (Wildman–Crippen LogP) is 2.47. The number of nitrogens with zero attached hydrogens (tertiary/aromatic N) is 2. The molecule has 2 rings (SSSR count). The maximum atomic E-state index is 13.5. The molecule has 0 saturated carbocycles. The van der Waals surface area contributed by atoms with Gasteiger partial charge >= 0.3 is 0 Å². The number of hydrogen-bond donors (Lipinski definition) is 1. The molecule has 0 atom stereocenters. The zero-order valence-electron chi connectivity index (χ0n) is 10.2. The van der Waals surface area contributed by atoms with Crippen LogP contribution in [0.2, 0.25) is 0 Å². The van der Waals surface area contributed by atoms with Crippen LogP contribution in [-0.2, 0) is 11.3 Å². The van der Waals surface area contributed by atoms with Crippen molar-refractivity contribution in [2.24, 2.45) is 0 Å². The lowest BCUT2D eigenvalue weighted by Crippen LogP contribution is -2.10. The maximum Gasteiger partial charge on any atom is 0.281 e. The summed E-state index contributed by atoms with van der Waals surface area (Å²) in [5.74, 6) is -0.509. The highest BCUT2D eigenvalue weighted by Crippen LogP contribution is 2.21. The van der Waals surface area contributed by atoms with Gasteiger partial charge in [0.1, 0.15) is 11.5 Å². The van der Waals surface area contributed by atoms with E-state index in [2.05, 4.69) is 15.3 Å². The lowest BCUT2D eigenvalue weighted by Gasteiger charge is -2.06. The molecule has 104 valence electrons. The van der Waals surface area contributed by atoms with Crippen LogP contribution in [0.1, 0.15) is 17.7 Å². The molecular formula is C13H10F3N3O. The SMILES string of the molecule is O=CNCc1cc(F)cc(-c2cnc(C(F)F)cn2)c1. The van der Waals surface area contributed by atoms with Crippen LogP contribution in [0.4, 0.5) is 13.2 Å². The summed E-state index contributed by atoms with van der Waals surface area (Å²) in [5.41, 5.74) is 0.780. The van der Waals surface area contributed by atoms with Gasteiger partial charge in [-0.05, 0) is 23.8 Å². The van der Waals surface area contributed by atoms with Gasteiger partial charge in [0.05, 0.1) is 18.1 Å². The summed E-state index contributed by atoms with van der Waals surface area (Å²) >= 11 is 0. The monoisotopic (exact) mass is 281 g/mol. The van der Waals surface area contributed by atoms with Crippen molar-refractivity contribution in [2.75, 3.05) is 0 Å². The number of rotatable bonds is 5. The van der Waals surface area contributed by atoms with Gasteiger partial charge in [-0.25, -0.2) is 13.2 Å². The van der Waals surface area contributed by atoms with Crippen molar-refractivity contribution in [3.63, 3.8) is 0 Å². The Balaban J connectivity index is 2.31. The number of carbonyl (C=O) groups excluding carboxylic acids is 1. The van der Waals surface area contributed by atoms with Gasteiger partial charge in [0.2, 0.25) is 6.41 Å². The van der Waals surface area contributed by atoms with Gasteiger partial charge in [-0.2, -0.15) is 0 Å². The highest BCUT2D eigenvalue weighted by Gasteiger charge is 2.10. The summed E-state index contributed by atoms with van der Waals surface area (Å²) in [5, 5.41) is 2.41. The van der Waals surface area contributed by atoms with Crippen LogP contribution >= 0.6 is 0 Å². The van der Waals surface area contributed by atoms with Crippen molar-refractivity contribution in [1.82, 2.24) is 15.3 Å². The van der Waals surface area contributed by atoms with Crippen molar-refractivity contribution in [2.45, 2.75) is 13.0 Å². The van der Waals surface area contributed by atoms with E-state index in [1.54, 1.807) is 6.07 Å². The molecular weight excluding hydrogens is 271 g/mol. The predicted molar refractivity (Wildman–Crippen MR) is 65.3 cm³/mol. The van der Waals surface area contributed by atoms with Crippen molar-refractivity contribution in [3.05, 3.63) is 47.7 Å². The largest absolute Gasteiger partial charge is 0.355 e. The Labute approximate surface area is 112 Å². The zero-order valence-corrected chi connectivity index (χ0v) is 10.2. The molecule has 1 amide bonds.